The molecule has 0 aromatic heterocycles. The molecule has 6 heteroatoms. The molecule has 0 bridgehead atoms. The molecule has 6 nitrogen and oxygen atoms in total. The SMILES string of the molecule is C.C.C.C.CCC(C)(C)C(=O)OC1CCc2cc(OC)ccc21.CCC(C)C(=O)OC1CCc2cc(OC)ccc21. The summed E-state index contributed by atoms with van der Waals surface area (Å²) in [5, 5.41) is 0. The van der Waals surface area contributed by atoms with E-state index in [1.165, 1.54) is 11.1 Å². The van der Waals surface area contributed by atoms with Crippen molar-refractivity contribution in [3.8, 4) is 11.5 Å². The Morgan fingerprint density at radius 2 is 1.24 bits per heavy atom. The smallest absolute Gasteiger partial charge is 0.312 e. The third kappa shape index (κ3) is 9.79. The standard InChI is InChI=1S/C16H22O3.C15H20O3.4CH4/c1-5-16(2,3)15(17)19-14-9-6-11-10-12(18-4)7-8-13(11)14;1-4-10(2)15(16)18-14-8-5-11-9-12(17-3)6-7-13(11)14;;;;/h7-8,10,14H,5-6,9H2,1-4H3;6-7,9-10,14H,4-5,8H2,1-3H3;4*1H4. The van der Waals surface area contributed by atoms with Gasteiger partial charge in [0, 0.05) is 0 Å². The number of methoxy groups -OCH3 is 2. The molecule has 41 heavy (non-hydrogen) atoms. The van der Waals surface area contributed by atoms with Gasteiger partial charge in [0.05, 0.1) is 25.6 Å². The van der Waals surface area contributed by atoms with Crippen molar-refractivity contribution in [1.82, 2.24) is 0 Å². The van der Waals surface area contributed by atoms with Crippen molar-refractivity contribution in [3.63, 3.8) is 0 Å². The van der Waals surface area contributed by atoms with Crippen molar-refractivity contribution in [2.45, 2.75) is 115 Å². The van der Waals surface area contributed by atoms with E-state index in [-0.39, 0.29) is 59.8 Å². The Morgan fingerprint density at radius 3 is 1.63 bits per heavy atom. The minimum absolute atomic E-state index is 0. The van der Waals surface area contributed by atoms with Gasteiger partial charge in [-0.1, -0.05) is 62.6 Å². The topological polar surface area (TPSA) is 71.1 Å². The molecule has 2 aromatic rings. The third-order valence-corrected chi connectivity index (χ3v) is 7.70. The minimum Gasteiger partial charge on any atom is -0.497 e. The van der Waals surface area contributed by atoms with Crippen LogP contribution in [0.15, 0.2) is 36.4 Å². The first-order chi connectivity index (χ1) is 17.6. The molecule has 3 unspecified atom stereocenters. The van der Waals surface area contributed by atoms with Crippen molar-refractivity contribution in [2.24, 2.45) is 11.3 Å². The fraction of sp³-hybridized carbons (Fsp3) is 0.600. The second-order valence-corrected chi connectivity index (χ2v) is 10.6. The van der Waals surface area contributed by atoms with Crippen LogP contribution in [0.4, 0.5) is 0 Å². The lowest BCUT2D eigenvalue weighted by atomic mass is 9.90. The molecule has 2 aromatic carbocycles. The number of ether oxygens (including phenoxy) is 4. The fourth-order valence-corrected chi connectivity index (χ4v) is 4.46. The van der Waals surface area contributed by atoms with Crippen molar-refractivity contribution in [3.05, 3.63) is 58.7 Å². The summed E-state index contributed by atoms with van der Waals surface area (Å²) in [6.45, 7) is 9.78. The highest BCUT2D eigenvalue weighted by Gasteiger charge is 2.33. The second kappa shape index (κ2) is 17.7. The van der Waals surface area contributed by atoms with Gasteiger partial charge in [-0.3, -0.25) is 9.59 Å². The Morgan fingerprint density at radius 1 is 0.805 bits per heavy atom. The van der Waals surface area contributed by atoms with Crippen LogP contribution in [0.5, 0.6) is 11.5 Å². The average Bonchev–Trinajstić information content (AvgIpc) is 3.51. The van der Waals surface area contributed by atoms with Gasteiger partial charge in [-0.05, 0) is 98.9 Å². The molecule has 0 saturated carbocycles. The third-order valence-electron chi connectivity index (χ3n) is 7.70. The van der Waals surface area contributed by atoms with Crippen LogP contribution in [0.2, 0.25) is 0 Å². The van der Waals surface area contributed by atoms with E-state index in [2.05, 4.69) is 0 Å². The summed E-state index contributed by atoms with van der Waals surface area (Å²) in [4.78, 5) is 24.0. The number of aryl methyl sites for hydroxylation is 2. The monoisotopic (exact) mass is 574 g/mol. The van der Waals surface area contributed by atoms with Crippen molar-refractivity contribution in [2.75, 3.05) is 14.2 Å². The predicted molar refractivity (Wildman–Crippen MR) is 171 cm³/mol. The van der Waals surface area contributed by atoms with Crippen LogP contribution in [-0.4, -0.2) is 26.2 Å². The summed E-state index contributed by atoms with van der Waals surface area (Å²) in [5.41, 5.74) is 4.31. The van der Waals surface area contributed by atoms with Crippen LogP contribution < -0.4 is 9.47 Å². The first kappa shape index (κ1) is 40.1. The summed E-state index contributed by atoms with van der Waals surface area (Å²) >= 11 is 0. The maximum atomic E-state index is 12.1. The van der Waals surface area contributed by atoms with E-state index in [9.17, 15) is 9.59 Å². The zero-order valence-corrected chi connectivity index (χ0v) is 23.4. The first-order valence-electron chi connectivity index (χ1n) is 13.4. The Hall–Kier alpha value is -3.02. The quantitative estimate of drug-likeness (QED) is 0.292. The molecule has 0 fully saturated rings. The number of benzene rings is 2. The van der Waals surface area contributed by atoms with Crippen LogP contribution in [0.3, 0.4) is 0 Å². The molecular weight excluding hydrogens is 516 g/mol. The molecule has 0 N–H and O–H groups in total. The van der Waals surface area contributed by atoms with Crippen LogP contribution in [0, 0.1) is 11.3 Å². The number of esters is 2. The predicted octanol–water partition coefficient (Wildman–Crippen LogP) is 9.48. The van der Waals surface area contributed by atoms with Crippen LogP contribution in [0.1, 0.15) is 124 Å². The van der Waals surface area contributed by atoms with E-state index in [4.69, 9.17) is 18.9 Å². The van der Waals surface area contributed by atoms with E-state index in [1.807, 2.05) is 71.0 Å². The zero-order chi connectivity index (χ0) is 27.2. The van der Waals surface area contributed by atoms with Crippen LogP contribution in [0.25, 0.3) is 0 Å². The van der Waals surface area contributed by atoms with Crippen LogP contribution in [-0.2, 0) is 31.9 Å². The number of carbonyl (C=O) groups excluding carboxylic acids is 2. The lowest BCUT2D eigenvalue weighted by molar-refractivity contribution is -0.160. The normalized spacial score (nSPS) is 16.8. The minimum atomic E-state index is -0.408. The largest absolute Gasteiger partial charge is 0.497 e. The Kier molecular flexibility index (Phi) is 17.3. The van der Waals surface area contributed by atoms with E-state index in [0.717, 1.165) is 61.2 Å². The van der Waals surface area contributed by atoms with Crippen molar-refractivity contribution in [1.29, 1.82) is 0 Å². The Bertz CT molecular complexity index is 1090. The maximum absolute atomic E-state index is 12.1. The van der Waals surface area contributed by atoms with Gasteiger partial charge in [0.25, 0.3) is 0 Å². The van der Waals surface area contributed by atoms with Gasteiger partial charge in [0.15, 0.2) is 0 Å². The van der Waals surface area contributed by atoms with E-state index >= 15 is 0 Å². The van der Waals surface area contributed by atoms with E-state index < -0.39 is 5.41 Å². The molecule has 0 spiro atoms. The summed E-state index contributed by atoms with van der Waals surface area (Å²) in [6, 6.07) is 11.9. The summed E-state index contributed by atoms with van der Waals surface area (Å²) in [6.07, 6.45) is 5.07. The Labute approximate surface area is 251 Å². The lowest BCUT2D eigenvalue weighted by Gasteiger charge is -2.23. The number of hydrogen-bond acceptors (Lipinski definition) is 6. The van der Waals surface area contributed by atoms with Crippen molar-refractivity contribution >= 4 is 11.9 Å². The second-order valence-electron chi connectivity index (χ2n) is 10.6. The summed E-state index contributed by atoms with van der Waals surface area (Å²) < 4.78 is 21.7. The molecule has 0 amide bonds. The van der Waals surface area contributed by atoms with Gasteiger partial charge in [0.2, 0.25) is 0 Å². The lowest BCUT2D eigenvalue weighted by Crippen LogP contribution is -2.26. The number of carbonyl (C=O) groups is 2. The first-order valence-corrected chi connectivity index (χ1v) is 13.4. The molecule has 234 valence electrons. The Balaban J connectivity index is 0. The summed E-state index contributed by atoms with van der Waals surface area (Å²) in [7, 11) is 3.33. The molecule has 0 aliphatic heterocycles. The average molecular weight is 575 g/mol. The van der Waals surface area contributed by atoms with Gasteiger partial charge in [-0.2, -0.15) is 0 Å². The van der Waals surface area contributed by atoms with Crippen LogP contribution >= 0.6 is 0 Å². The highest BCUT2D eigenvalue weighted by atomic mass is 16.5. The highest BCUT2D eigenvalue weighted by Crippen LogP contribution is 2.38. The molecule has 2 aliphatic rings. The number of fused-ring (bicyclic) bond motifs is 2. The fourth-order valence-electron chi connectivity index (χ4n) is 4.46. The molecule has 4 rings (SSSR count). The zero-order valence-electron chi connectivity index (χ0n) is 23.4. The van der Waals surface area contributed by atoms with Gasteiger partial charge in [-0.15, -0.1) is 0 Å². The van der Waals surface area contributed by atoms with E-state index in [0.29, 0.717) is 0 Å². The van der Waals surface area contributed by atoms with Gasteiger partial charge >= 0.3 is 11.9 Å². The molecule has 3 atom stereocenters. The summed E-state index contributed by atoms with van der Waals surface area (Å²) in [5.74, 6) is 1.50. The molecule has 0 heterocycles. The number of hydrogen-bond donors (Lipinski definition) is 0. The van der Waals surface area contributed by atoms with Crippen molar-refractivity contribution < 1.29 is 28.5 Å². The highest BCUT2D eigenvalue weighted by molar-refractivity contribution is 5.76. The maximum Gasteiger partial charge on any atom is 0.312 e. The molecule has 0 radical (unpaired) electrons. The molecular formula is C35H58O6. The van der Waals surface area contributed by atoms with Gasteiger partial charge < -0.3 is 18.9 Å². The van der Waals surface area contributed by atoms with Gasteiger partial charge in [0.1, 0.15) is 23.7 Å². The van der Waals surface area contributed by atoms with Gasteiger partial charge in [-0.25, -0.2) is 0 Å². The molecule has 2 aliphatic carbocycles. The van der Waals surface area contributed by atoms with E-state index in [1.54, 1.807) is 14.2 Å². The molecule has 0 saturated heterocycles. The number of rotatable bonds is 8.